The second-order valence-corrected chi connectivity index (χ2v) is 10.1. The molecule has 7 heteroatoms. The highest BCUT2D eigenvalue weighted by atomic mass is 32.2. The molecule has 146 valence electrons. The third-order valence-electron chi connectivity index (χ3n) is 5.08. The summed E-state index contributed by atoms with van der Waals surface area (Å²) < 4.78 is 0. The summed E-state index contributed by atoms with van der Waals surface area (Å²) in [5.74, 6) is 0.110. The first kappa shape index (κ1) is 18.4. The van der Waals surface area contributed by atoms with E-state index in [9.17, 15) is 9.59 Å². The van der Waals surface area contributed by atoms with Crippen LogP contribution in [-0.4, -0.2) is 16.8 Å². The van der Waals surface area contributed by atoms with Crippen LogP contribution in [-0.2, 0) is 6.42 Å². The Labute approximate surface area is 177 Å². The third-order valence-corrected chi connectivity index (χ3v) is 7.27. The van der Waals surface area contributed by atoms with E-state index in [0.29, 0.717) is 16.4 Å². The molecule has 2 amide bonds. The van der Waals surface area contributed by atoms with Gasteiger partial charge in [-0.05, 0) is 36.1 Å². The molecular formula is C22H19N3O2S2. The highest BCUT2D eigenvalue weighted by Gasteiger charge is 2.35. The van der Waals surface area contributed by atoms with Gasteiger partial charge in [0.1, 0.15) is 0 Å². The number of nitrogens with one attached hydrogen (secondary N) is 1. The molecule has 0 saturated heterocycles. The minimum atomic E-state index is -0.275. The number of nitrogens with zero attached hydrogens (tertiary/aromatic N) is 2. The summed E-state index contributed by atoms with van der Waals surface area (Å²) >= 11 is 2.93. The molecular weight excluding hydrogens is 402 g/mol. The van der Waals surface area contributed by atoms with Gasteiger partial charge in [0.2, 0.25) is 0 Å². The Morgan fingerprint density at radius 3 is 2.31 bits per heavy atom. The van der Waals surface area contributed by atoms with Gasteiger partial charge in [-0.25, -0.2) is 9.78 Å². The molecule has 2 aliphatic rings. The van der Waals surface area contributed by atoms with Crippen molar-refractivity contribution < 1.29 is 9.59 Å². The number of fused-ring (bicyclic) bond motifs is 3. The van der Waals surface area contributed by atoms with Gasteiger partial charge in [0.15, 0.2) is 10.9 Å². The molecule has 0 fully saturated rings. The van der Waals surface area contributed by atoms with Gasteiger partial charge in [-0.2, -0.15) is 0 Å². The lowest BCUT2D eigenvalue weighted by atomic mass is 9.78. The first-order valence-corrected chi connectivity index (χ1v) is 11.0. The highest BCUT2D eigenvalue weighted by Crippen LogP contribution is 2.48. The maximum Gasteiger partial charge on any atom is 0.332 e. The van der Waals surface area contributed by atoms with Crippen molar-refractivity contribution in [3.05, 3.63) is 59.1 Å². The number of para-hydroxylation sites is 2. The molecule has 3 aromatic rings. The Morgan fingerprint density at radius 2 is 1.66 bits per heavy atom. The van der Waals surface area contributed by atoms with Gasteiger partial charge < -0.3 is 0 Å². The Bertz CT molecular complexity index is 1110. The molecule has 1 aromatic heterocycles. The summed E-state index contributed by atoms with van der Waals surface area (Å²) in [5.41, 5.74) is 2.38. The zero-order valence-corrected chi connectivity index (χ0v) is 17.7. The molecule has 0 bridgehead atoms. The first-order chi connectivity index (χ1) is 13.9. The average Bonchev–Trinajstić information content (AvgIpc) is 3.07. The maximum absolute atomic E-state index is 13.3. The van der Waals surface area contributed by atoms with Crippen LogP contribution in [0.3, 0.4) is 0 Å². The molecule has 0 spiro atoms. The van der Waals surface area contributed by atoms with Crippen molar-refractivity contribution in [2.75, 3.05) is 10.2 Å². The van der Waals surface area contributed by atoms with Crippen LogP contribution in [0.4, 0.5) is 21.3 Å². The number of carbonyl (C=O) groups is 2. The Hall–Kier alpha value is -2.64. The van der Waals surface area contributed by atoms with Gasteiger partial charge in [0, 0.05) is 16.2 Å². The summed E-state index contributed by atoms with van der Waals surface area (Å²) in [5, 5.41) is 3.40. The normalized spacial score (nSPS) is 16.6. The van der Waals surface area contributed by atoms with Crippen molar-refractivity contribution in [2.45, 2.75) is 36.5 Å². The van der Waals surface area contributed by atoms with Gasteiger partial charge in [0.25, 0.3) is 0 Å². The zero-order chi connectivity index (χ0) is 20.2. The molecule has 5 rings (SSSR count). The SMILES string of the molecule is CC1(C)CC(=O)c2sc(NC(=O)N3c4ccccc4Sc4ccccc43)nc2C1. The molecule has 1 N–H and O–H groups in total. The van der Waals surface area contributed by atoms with E-state index in [1.165, 1.54) is 11.3 Å². The van der Waals surface area contributed by atoms with E-state index in [-0.39, 0.29) is 17.2 Å². The molecule has 2 heterocycles. The van der Waals surface area contributed by atoms with E-state index in [2.05, 4.69) is 24.1 Å². The quantitative estimate of drug-likeness (QED) is 0.513. The van der Waals surface area contributed by atoms with E-state index in [4.69, 9.17) is 0 Å². The summed E-state index contributed by atoms with van der Waals surface area (Å²) in [6, 6.07) is 15.4. The van der Waals surface area contributed by atoms with Gasteiger partial charge >= 0.3 is 6.03 Å². The van der Waals surface area contributed by atoms with E-state index in [0.717, 1.165) is 33.3 Å². The van der Waals surface area contributed by atoms with E-state index < -0.39 is 0 Å². The molecule has 0 atom stereocenters. The highest BCUT2D eigenvalue weighted by molar-refractivity contribution is 7.99. The minimum absolute atomic E-state index is 0.0958. The van der Waals surface area contributed by atoms with E-state index in [1.807, 2.05) is 48.5 Å². The number of aromatic nitrogens is 1. The van der Waals surface area contributed by atoms with Crippen molar-refractivity contribution in [3.8, 4) is 0 Å². The average molecular weight is 422 g/mol. The zero-order valence-electron chi connectivity index (χ0n) is 16.1. The van der Waals surface area contributed by atoms with E-state index >= 15 is 0 Å². The van der Waals surface area contributed by atoms with Crippen molar-refractivity contribution >= 4 is 51.4 Å². The smallest absolute Gasteiger partial charge is 0.293 e. The molecule has 2 aromatic carbocycles. The lowest BCUT2D eigenvalue weighted by molar-refractivity contribution is 0.0916. The van der Waals surface area contributed by atoms with Gasteiger partial charge in [0.05, 0.1) is 21.9 Å². The first-order valence-electron chi connectivity index (χ1n) is 9.41. The summed E-state index contributed by atoms with van der Waals surface area (Å²) in [7, 11) is 0. The lowest BCUT2D eigenvalue weighted by Gasteiger charge is -2.30. The second-order valence-electron chi connectivity index (χ2n) is 8.04. The largest absolute Gasteiger partial charge is 0.332 e. The predicted molar refractivity (Wildman–Crippen MR) is 117 cm³/mol. The lowest BCUT2D eigenvalue weighted by Crippen LogP contribution is -2.32. The van der Waals surface area contributed by atoms with Crippen LogP contribution >= 0.6 is 23.1 Å². The number of ketones is 1. The van der Waals surface area contributed by atoms with Crippen LogP contribution in [0.5, 0.6) is 0 Å². The molecule has 5 nitrogen and oxygen atoms in total. The van der Waals surface area contributed by atoms with Crippen LogP contribution in [0, 0.1) is 5.41 Å². The number of urea groups is 1. The molecule has 29 heavy (non-hydrogen) atoms. The number of amides is 2. The number of hydrogen-bond acceptors (Lipinski definition) is 5. The van der Waals surface area contributed by atoms with Gasteiger partial charge in [-0.15, -0.1) is 0 Å². The number of thiazole rings is 1. The van der Waals surface area contributed by atoms with Gasteiger partial charge in [-0.3, -0.25) is 15.0 Å². The molecule has 0 saturated carbocycles. The van der Waals surface area contributed by atoms with Crippen LogP contribution in [0.1, 0.15) is 35.6 Å². The molecule has 1 aliphatic heterocycles. The Morgan fingerprint density at radius 1 is 1.03 bits per heavy atom. The van der Waals surface area contributed by atoms with Crippen molar-refractivity contribution in [1.29, 1.82) is 0 Å². The number of benzene rings is 2. The number of anilines is 3. The topological polar surface area (TPSA) is 62.3 Å². The Balaban J connectivity index is 1.49. The number of hydrogen-bond donors (Lipinski definition) is 1. The predicted octanol–water partition coefficient (Wildman–Crippen LogP) is 6.13. The summed E-state index contributed by atoms with van der Waals surface area (Å²) in [4.78, 5) is 34.8. The second kappa shape index (κ2) is 6.71. The van der Waals surface area contributed by atoms with Crippen molar-refractivity contribution in [3.63, 3.8) is 0 Å². The van der Waals surface area contributed by atoms with Crippen molar-refractivity contribution in [1.82, 2.24) is 4.98 Å². The number of rotatable bonds is 1. The summed E-state index contributed by atoms with van der Waals surface area (Å²) in [6.07, 6.45) is 1.26. The standard InChI is InChI=1S/C22H19N3O2S2/c1-22(2)11-13-19(16(26)12-22)29-20(23-13)24-21(27)25-14-7-3-5-9-17(14)28-18-10-6-4-8-15(18)25/h3-10H,11-12H2,1-2H3,(H,23,24,27). The number of Topliss-reactive ketones (excluding diaryl/α,β-unsaturated/α-hetero) is 1. The summed E-state index contributed by atoms with van der Waals surface area (Å²) in [6.45, 7) is 4.15. The minimum Gasteiger partial charge on any atom is -0.293 e. The molecule has 0 radical (unpaired) electrons. The Kier molecular flexibility index (Phi) is 4.26. The van der Waals surface area contributed by atoms with Crippen LogP contribution < -0.4 is 10.2 Å². The monoisotopic (exact) mass is 421 g/mol. The third kappa shape index (κ3) is 3.24. The van der Waals surface area contributed by atoms with Crippen molar-refractivity contribution in [2.24, 2.45) is 5.41 Å². The fraction of sp³-hybridized carbons (Fsp3) is 0.227. The van der Waals surface area contributed by atoms with Crippen LogP contribution in [0.25, 0.3) is 0 Å². The molecule has 0 unspecified atom stereocenters. The fourth-order valence-corrected chi connectivity index (χ4v) is 5.81. The van der Waals surface area contributed by atoms with Crippen LogP contribution in [0.2, 0.25) is 0 Å². The van der Waals surface area contributed by atoms with E-state index in [1.54, 1.807) is 16.7 Å². The molecule has 1 aliphatic carbocycles. The van der Waals surface area contributed by atoms with Gasteiger partial charge in [-0.1, -0.05) is 61.2 Å². The van der Waals surface area contributed by atoms with Crippen LogP contribution in [0.15, 0.2) is 58.3 Å². The number of carbonyl (C=O) groups excluding carboxylic acids is 2. The maximum atomic E-state index is 13.3. The fourth-order valence-electron chi connectivity index (χ4n) is 3.84.